The third kappa shape index (κ3) is 3.07. The summed E-state index contributed by atoms with van der Waals surface area (Å²) >= 11 is 5.61. The molecule has 0 fully saturated rings. The van der Waals surface area contributed by atoms with Gasteiger partial charge >= 0.3 is 0 Å². The molecule has 0 aromatic heterocycles. The second kappa shape index (κ2) is 5.32. The maximum absolute atomic E-state index is 11.3. The molecule has 1 aromatic carbocycles. The minimum Gasteiger partial charge on any atom is -0.281 e. The van der Waals surface area contributed by atoms with Gasteiger partial charge in [0, 0.05) is 0 Å². The molecule has 0 spiro atoms. The third-order valence-electron chi connectivity index (χ3n) is 2.66. The van der Waals surface area contributed by atoms with Crippen molar-refractivity contribution in [2.24, 2.45) is 5.92 Å². The van der Waals surface area contributed by atoms with Crippen LogP contribution >= 0.6 is 11.6 Å². The van der Waals surface area contributed by atoms with Gasteiger partial charge in [0.1, 0.15) is 0 Å². The van der Waals surface area contributed by atoms with Gasteiger partial charge in [-0.3, -0.25) is 4.79 Å². The van der Waals surface area contributed by atoms with Gasteiger partial charge in [-0.15, -0.1) is 0 Å². The molecule has 0 radical (unpaired) electrons. The molecule has 0 heterocycles. The Bertz CT molecular complexity index is 327. The Morgan fingerprint density at radius 2 is 1.80 bits per heavy atom. The first kappa shape index (κ1) is 12.3. The first-order valence-corrected chi connectivity index (χ1v) is 5.72. The Hall–Kier alpha value is -0.820. The van der Waals surface area contributed by atoms with Crippen LogP contribution < -0.4 is 0 Å². The van der Waals surface area contributed by atoms with Crippen LogP contribution in [0.2, 0.25) is 0 Å². The molecule has 2 heteroatoms. The number of aryl methyl sites for hydroxylation is 1. The minimum atomic E-state index is -0.269. The SMILES string of the molecule is CCc1ccc(C(C(=O)Cl)C(C)C)cc1. The topological polar surface area (TPSA) is 17.1 Å². The van der Waals surface area contributed by atoms with Crippen molar-refractivity contribution in [3.63, 3.8) is 0 Å². The molecule has 1 aromatic rings. The molecule has 0 aliphatic carbocycles. The van der Waals surface area contributed by atoms with Gasteiger partial charge in [-0.1, -0.05) is 45.0 Å². The first-order valence-electron chi connectivity index (χ1n) is 5.34. The predicted octanol–water partition coefficient (Wildman–Crippen LogP) is 3.75. The number of carbonyl (C=O) groups is 1. The lowest BCUT2D eigenvalue weighted by atomic mass is 9.89. The van der Waals surface area contributed by atoms with E-state index in [4.69, 9.17) is 11.6 Å². The molecule has 1 atom stereocenters. The summed E-state index contributed by atoms with van der Waals surface area (Å²) in [7, 11) is 0. The van der Waals surface area contributed by atoms with Crippen LogP contribution in [0.25, 0.3) is 0 Å². The van der Waals surface area contributed by atoms with Crippen LogP contribution in [0.5, 0.6) is 0 Å². The standard InChI is InChI=1S/C13H17ClO/c1-4-10-5-7-11(8-6-10)12(9(2)3)13(14)15/h5-9,12H,4H2,1-3H3. The highest BCUT2D eigenvalue weighted by Gasteiger charge is 2.21. The van der Waals surface area contributed by atoms with Crippen molar-refractivity contribution in [2.75, 3.05) is 0 Å². The molecule has 0 aliphatic heterocycles. The molecule has 15 heavy (non-hydrogen) atoms. The number of hydrogen-bond donors (Lipinski definition) is 0. The van der Waals surface area contributed by atoms with Crippen LogP contribution in [-0.4, -0.2) is 5.24 Å². The second-order valence-electron chi connectivity index (χ2n) is 4.12. The van der Waals surface area contributed by atoms with E-state index >= 15 is 0 Å². The predicted molar refractivity (Wildman–Crippen MR) is 64.3 cm³/mol. The van der Waals surface area contributed by atoms with Crippen molar-refractivity contribution in [1.82, 2.24) is 0 Å². The van der Waals surface area contributed by atoms with Crippen molar-refractivity contribution in [3.8, 4) is 0 Å². The van der Waals surface area contributed by atoms with E-state index in [1.807, 2.05) is 26.0 Å². The molecular formula is C13H17ClO. The van der Waals surface area contributed by atoms with Crippen molar-refractivity contribution in [1.29, 1.82) is 0 Å². The average Bonchev–Trinajstić information content (AvgIpc) is 2.18. The Morgan fingerprint density at radius 1 is 1.27 bits per heavy atom. The van der Waals surface area contributed by atoms with Crippen molar-refractivity contribution in [2.45, 2.75) is 33.1 Å². The van der Waals surface area contributed by atoms with Crippen LogP contribution in [0.4, 0.5) is 0 Å². The summed E-state index contributed by atoms with van der Waals surface area (Å²) in [5.41, 5.74) is 2.30. The van der Waals surface area contributed by atoms with Gasteiger partial charge in [0.2, 0.25) is 5.24 Å². The van der Waals surface area contributed by atoms with Crippen LogP contribution in [0.1, 0.15) is 37.8 Å². The minimum absolute atomic E-state index is 0.183. The summed E-state index contributed by atoms with van der Waals surface area (Å²) in [4.78, 5) is 11.3. The Labute approximate surface area is 96.5 Å². The third-order valence-corrected chi connectivity index (χ3v) is 2.89. The molecule has 82 valence electrons. The molecule has 0 saturated carbocycles. The zero-order valence-corrected chi connectivity index (χ0v) is 10.2. The summed E-state index contributed by atoms with van der Waals surface area (Å²) in [5.74, 6) is 0.0556. The van der Waals surface area contributed by atoms with Crippen LogP contribution in [-0.2, 0) is 11.2 Å². The lowest BCUT2D eigenvalue weighted by Gasteiger charge is -2.17. The Morgan fingerprint density at radius 3 is 2.13 bits per heavy atom. The average molecular weight is 225 g/mol. The second-order valence-corrected chi connectivity index (χ2v) is 4.49. The number of halogens is 1. The highest BCUT2D eigenvalue weighted by Crippen LogP contribution is 2.27. The van der Waals surface area contributed by atoms with Gasteiger partial charge in [-0.05, 0) is 35.1 Å². The van der Waals surface area contributed by atoms with E-state index in [1.54, 1.807) is 0 Å². The Kier molecular flexibility index (Phi) is 4.34. The van der Waals surface area contributed by atoms with Crippen LogP contribution in [0.3, 0.4) is 0 Å². The Balaban J connectivity index is 2.97. The van der Waals surface area contributed by atoms with E-state index in [1.165, 1.54) is 5.56 Å². The zero-order chi connectivity index (χ0) is 11.4. The van der Waals surface area contributed by atoms with Crippen molar-refractivity contribution in [3.05, 3.63) is 35.4 Å². The van der Waals surface area contributed by atoms with Crippen molar-refractivity contribution < 1.29 is 4.79 Å². The molecule has 1 unspecified atom stereocenters. The molecule has 1 nitrogen and oxygen atoms in total. The molecule has 0 aliphatic rings. The van der Waals surface area contributed by atoms with Crippen LogP contribution in [0.15, 0.2) is 24.3 Å². The van der Waals surface area contributed by atoms with Crippen LogP contribution in [0, 0.1) is 5.92 Å². The molecule has 0 bridgehead atoms. The molecule has 0 N–H and O–H groups in total. The maximum Gasteiger partial charge on any atom is 0.229 e. The fourth-order valence-corrected chi connectivity index (χ4v) is 2.12. The normalized spacial score (nSPS) is 12.9. The molecular weight excluding hydrogens is 208 g/mol. The molecule has 0 amide bonds. The quantitative estimate of drug-likeness (QED) is 0.712. The van der Waals surface area contributed by atoms with Crippen molar-refractivity contribution >= 4 is 16.8 Å². The highest BCUT2D eigenvalue weighted by atomic mass is 35.5. The van der Waals surface area contributed by atoms with Gasteiger partial charge in [-0.2, -0.15) is 0 Å². The lowest BCUT2D eigenvalue weighted by molar-refractivity contribution is -0.113. The van der Waals surface area contributed by atoms with Gasteiger partial charge in [0.25, 0.3) is 0 Å². The van der Waals surface area contributed by atoms with E-state index < -0.39 is 0 Å². The fourth-order valence-electron chi connectivity index (χ4n) is 1.74. The van der Waals surface area contributed by atoms with E-state index in [0.29, 0.717) is 0 Å². The lowest BCUT2D eigenvalue weighted by Crippen LogP contribution is -2.13. The molecule has 1 rings (SSSR count). The smallest absolute Gasteiger partial charge is 0.229 e. The molecule has 0 saturated heterocycles. The number of carbonyl (C=O) groups excluding carboxylic acids is 1. The summed E-state index contributed by atoms with van der Waals surface area (Å²) in [6, 6.07) is 8.13. The number of rotatable bonds is 4. The van der Waals surface area contributed by atoms with Gasteiger partial charge in [0.15, 0.2) is 0 Å². The van der Waals surface area contributed by atoms with Gasteiger partial charge < -0.3 is 0 Å². The summed E-state index contributed by atoms with van der Waals surface area (Å²) in [6.45, 7) is 6.14. The highest BCUT2D eigenvalue weighted by molar-refractivity contribution is 6.64. The monoisotopic (exact) mass is 224 g/mol. The van der Waals surface area contributed by atoms with E-state index in [2.05, 4.69) is 19.1 Å². The summed E-state index contributed by atoms with van der Waals surface area (Å²) in [6.07, 6.45) is 1.02. The largest absolute Gasteiger partial charge is 0.281 e. The van der Waals surface area contributed by atoms with Gasteiger partial charge in [-0.25, -0.2) is 0 Å². The number of hydrogen-bond acceptors (Lipinski definition) is 1. The zero-order valence-electron chi connectivity index (χ0n) is 9.46. The maximum atomic E-state index is 11.3. The van der Waals surface area contributed by atoms with E-state index in [-0.39, 0.29) is 17.1 Å². The fraction of sp³-hybridized carbons (Fsp3) is 0.462. The summed E-state index contributed by atoms with van der Waals surface area (Å²) < 4.78 is 0. The van der Waals surface area contributed by atoms with Gasteiger partial charge in [0.05, 0.1) is 5.92 Å². The van der Waals surface area contributed by atoms with E-state index in [0.717, 1.165) is 12.0 Å². The first-order chi connectivity index (χ1) is 7.06. The summed E-state index contributed by atoms with van der Waals surface area (Å²) in [5, 5.41) is -0.269. The van der Waals surface area contributed by atoms with E-state index in [9.17, 15) is 4.79 Å². The number of benzene rings is 1.